The minimum absolute atomic E-state index is 0.185. The van der Waals surface area contributed by atoms with Crippen molar-refractivity contribution in [3.63, 3.8) is 0 Å². The van der Waals surface area contributed by atoms with Crippen LogP contribution in [0.25, 0.3) is 0 Å². The third kappa shape index (κ3) is 5.24. The summed E-state index contributed by atoms with van der Waals surface area (Å²) in [4.78, 5) is 12.9. The monoisotopic (exact) mass is 450 g/mol. The van der Waals surface area contributed by atoms with Crippen molar-refractivity contribution in [2.45, 2.75) is 25.3 Å². The van der Waals surface area contributed by atoms with Crippen molar-refractivity contribution in [2.75, 3.05) is 18.0 Å². The molecule has 0 aliphatic carbocycles. The minimum Gasteiger partial charge on any atom is -0.487 e. The molecule has 0 atom stereocenters. The van der Waals surface area contributed by atoms with E-state index in [4.69, 9.17) is 22.1 Å². The van der Waals surface area contributed by atoms with E-state index in [1.54, 1.807) is 0 Å². The first kappa shape index (κ1) is 21.9. The van der Waals surface area contributed by atoms with Gasteiger partial charge in [-0.2, -0.15) is 0 Å². The Hall–Kier alpha value is -2.75. The van der Waals surface area contributed by atoms with Gasteiger partial charge in [-0.1, -0.05) is 11.6 Å². The minimum atomic E-state index is -4.84. The molecule has 1 saturated heterocycles. The standard InChI is InChI=1S/C19H16ClF5N2O3/c20-13-7-10(1-2-16(13)30-19(23,24)25)27-5-3-11(4-6-27)29-17-9-14(21)12(18(26)28)8-15(17)22/h1-2,7-9,11H,3-6H2,(H2,26,28). The van der Waals surface area contributed by atoms with Crippen LogP contribution >= 0.6 is 11.6 Å². The Bertz CT molecular complexity index is 946. The number of nitrogens with zero attached hydrogens (tertiary/aromatic N) is 1. The lowest BCUT2D eigenvalue weighted by Crippen LogP contribution is -2.38. The van der Waals surface area contributed by atoms with Gasteiger partial charge >= 0.3 is 6.36 Å². The third-order valence-electron chi connectivity index (χ3n) is 4.53. The maximum atomic E-state index is 14.1. The molecule has 1 heterocycles. The molecule has 1 aliphatic heterocycles. The van der Waals surface area contributed by atoms with Gasteiger partial charge in [-0.25, -0.2) is 8.78 Å². The molecule has 2 aromatic rings. The molecule has 0 bridgehead atoms. The lowest BCUT2D eigenvalue weighted by Gasteiger charge is -2.34. The Balaban J connectivity index is 1.62. The predicted octanol–water partition coefficient (Wildman–Crippen LogP) is 4.66. The van der Waals surface area contributed by atoms with Crippen LogP contribution in [0.4, 0.5) is 27.6 Å². The number of halogens is 6. The van der Waals surface area contributed by atoms with Crippen molar-refractivity contribution >= 4 is 23.2 Å². The molecule has 0 saturated carbocycles. The Labute approximate surface area is 173 Å². The number of piperidine rings is 1. The van der Waals surface area contributed by atoms with Gasteiger partial charge < -0.3 is 20.1 Å². The number of carbonyl (C=O) groups excluding carboxylic acids is 1. The molecule has 5 nitrogen and oxygen atoms in total. The summed E-state index contributed by atoms with van der Waals surface area (Å²) in [5.74, 6) is -3.79. The first-order chi connectivity index (χ1) is 14.0. The largest absolute Gasteiger partial charge is 0.573 e. The lowest BCUT2D eigenvalue weighted by molar-refractivity contribution is -0.274. The average Bonchev–Trinajstić information content (AvgIpc) is 2.65. The summed E-state index contributed by atoms with van der Waals surface area (Å²) in [6.45, 7) is 0.897. The van der Waals surface area contributed by atoms with E-state index in [2.05, 4.69) is 4.74 Å². The van der Waals surface area contributed by atoms with Crippen molar-refractivity contribution in [1.82, 2.24) is 0 Å². The van der Waals surface area contributed by atoms with Crippen LogP contribution in [0, 0.1) is 11.6 Å². The Kier molecular flexibility index (Phi) is 6.25. The van der Waals surface area contributed by atoms with Crippen LogP contribution in [0.2, 0.25) is 5.02 Å². The highest BCUT2D eigenvalue weighted by atomic mass is 35.5. The summed E-state index contributed by atoms with van der Waals surface area (Å²) >= 11 is 5.87. The summed E-state index contributed by atoms with van der Waals surface area (Å²) in [5, 5.41) is -0.185. The Morgan fingerprint density at radius 2 is 1.73 bits per heavy atom. The van der Waals surface area contributed by atoms with E-state index in [1.165, 1.54) is 12.1 Å². The van der Waals surface area contributed by atoms with E-state index in [0.29, 0.717) is 37.7 Å². The highest BCUT2D eigenvalue weighted by molar-refractivity contribution is 6.32. The zero-order valence-electron chi connectivity index (χ0n) is 15.3. The number of alkyl halides is 3. The molecule has 30 heavy (non-hydrogen) atoms. The smallest absolute Gasteiger partial charge is 0.487 e. The summed E-state index contributed by atoms with van der Waals surface area (Å²) in [5.41, 5.74) is 5.00. The Morgan fingerprint density at radius 1 is 1.07 bits per heavy atom. The first-order valence-electron chi connectivity index (χ1n) is 8.79. The number of carbonyl (C=O) groups is 1. The van der Waals surface area contributed by atoms with Crippen LogP contribution in [0.3, 0.4) is 0 Å². The molecule has 0 radical (unpaired) electrons. The van der Waals surface area contributed by atoms with Crippen LogP contribution in [0.15, 0.2) is 30.3 Å². The van der Waals surface area contributed by atoms with Crippen LogP contribution in [0.5, 0.6) is 11.5 Å². The molecule has 2 N–H and O–H groups in total. The second-order valence-corrected chi connectivity index (χ2v) is 7.00. The van der Waals surface area contributed by atoms with Crippen LogP contribution in [-0.4, -0.2) is 31.5 Å². The van der Waals surface area contributed by atoms with E-state index in [1.807, 2.05) is 4.90 Å². The van der Waals surface area contributed by atoms with Crippen LogP contribution in [0.1, 0.15) is 23.2 Å². The van der Waals surface area contributed by atoms with Gasteiger partial charge in [0.1, 0.15) is 17.7 Å². The average molecular weight is 451 g/mol. The fraction of sp³-hybridized carbons (Fsp3) is 0.316. The number of nitrogens with two attached hydrogens (primary N) is 1. The molecule has 0 unspecified atom stereocenters. The van der Waals surface area contributed by atoms with E-state index in [0.717, 1.165) is 12.1 Å². The van der Waals surface area contributed by atoms with Crippen LogP contribution in [-0.2, 0) is 0 Å². The number of rotatable bonds is 5. The summed E-state index contributed by atoms with van der Waals surface area (Å²) in [6.07, 6.45) is -4.38. The second-order valence-electron chi connectivity index (χ2n) is 6.59. The van der Waals surface area contributed by atoms with Gasteiger partial charge in [0, 0.05) is 37.7 Å². The number of hydrogen-bond acceptors (Lipinski definition) is 4. The van der Waals surface area contributed by atoms with Crippen molar-refractivity contribution in [1.29, 1.82) is 0 Å². The molecule has 11 heteroatoms. The van der Waals surface area contributed by atoms with E-state index >= 15 is 0 Å². The van der Waals surface area contributed by atoms with Crippen molar-refractivity contribution in [3.8, 4) is 11.5 Å². The fourth-order valence-corrected chi connectivity index (χ4v) is 3.33. The van der Waals surface area contributed by atoms with Crippen LogP contribution < -0.4 is 20.1 Å². The van der Waals surface area contributed by atoms with Gasteiger partial charge in [-0.3, -0.25) is 4.79 Å². The summed E-state index contributed by atoms with van der Waals surface area (Å²) < 4.78 is 74.3. The van der Waals surface area contributed by atoms with Gasteiger partial charge in [0.15, 0.2) is 11.6 Å². The molecular formula is C19H16ClF5N2O3. The summed E-state index contributed by atoms with van der Waals surface area (Å²) in [6, 6.07) is 5.41. The maximum absolute atomic E-state index is 14.1. The van der Waals surface area contributed by atoms with E-state index in [9.17, 15) is 26.7 Å². The van der Waals surface area contributed by atoms with Crippen molar-refractivity contribution in [3.05, 3.63) is 52.6 Å². The SMILES string of the molecule is NC(=O)c1cc(F)c(OC2CCN(c3ccc(OC(F)(F)F)c(Cl)c3)CC2)cc1F. The normalized spacial score (nSPS) is 15.2. The van der Waals surface area contributed by atoms with Gasteiger partial charge in [0.25, 0.3) is 5.91 Å². The van der Waals surface area contributed by atoms with Gasteiger partial charge in [-0.15, -0.1) is 13.2 Å². The first-order valence-corrected chi connectivity index (χ1v) is 9.17. The molecule has 0 aromatic heterocycles. The zero-order valence-corrected chi connectivity index (χ0v) is 16.1. The molecular weight excluding hydrogens is 435 g/mol. The highest BCUT2D eigenvalue weighted by Gasteiger charge is 2.32. The number of benzene rings is 2. The maximum Gasteiger partial charge on any atom is 0.573 e. The van der Waals surface area contributed by atoms with E-state index in [-0.39, 0.29) is 10.8 Å². The zero-order chi connectivity index (χ0) is 22.1. The number of anilines is 1. The van der Waals surface area contributed by atoms with Gasteiger partial charge in [0.05, 0.1) is 10.6 Å². The predicted molar refractivity (Wildman–Crippen MR) is 98.9 cm³/mol. The summed E-state index contributed by atoms with van der Waals surface area (Å²) in [7, 11) is 0. The quantitative estimate of drug-likeness (QED) is 0.673. The van der Waals surface area contributed by atoms with E-state index < -0.39 is 41.3 Å². The molecule has 1 amide bonds. The van der Waals surface area contributed by atoms with Crippen molar-refractivity contribution in [2.24, 2.45) is 5.73 Å². The van der Waals surface area contributed by atoms with Crippen molar-refractivity contribution < 1.29 is 36.2 Å². The number of amides is 1. The Morgan fingerprint density at radius 3 is 2.30 bits per heavy atom. The number of ether oxygens (including phenoxy) is 2. The van der Waals surface area contributed by atoms with Gasteiger partial charge in [0.2, 0.25) is 0 Å². The lowest BCUT2D eigenvalue weighted by atomic mass is 10.1. The molecule has 1 aliphatic rings. The molecule has 1 fully saturated rings. The number of primary amides is 1. The molecule has 162 valence electrons. The number of hydrogen-bond donors (Lipinski definition) is 1. The molecule has 2 aromatic carbocycles. The topological polar surface area (TPSA) is 64.8 Å². The third-order valence-corrected chi connectivity index (χ3v) is 4.82. The van der Waals surface area contributed by atoms with Gasteiger partial charge in [-0.05, 0) is 24.3 Å². The molecule has 0 spiro atoms. The fourth-order valence-electron chi connectivity index (χ4n) is 3.11. The second kappa shape index (κ2) is 8.55. The molecule has 3 rings (SSSR count). The highest BCUT2D eigenvalue weighted by Crippen LogP contribution is 2.34.